The lowest BCUT2D eigenvalue weighted by Gasteiger charge is -2.06. The second kappa shape index (κ2) is 10.4. The Balaban J connectivity index is 2.30. The molecule has 0 atom stereocenters. The van der Waals surface area contributed by atoms with Gasteiger partial charge >= 0.3 is 0 Å². The van der Waals surface area contributed by atoms with Crippen LogP contribution in [0.1, 0.15) is 30.9 Å². The van der Waals surface area contributed by atoms with E-state index in [1.54, 1.807) is 12.1 Å². The summed E-state index contributed by atoms with van der Waals surface area (Å²) < 4.78 is 24.4. The Bertz CT molecular complexity index is 449. The minimum atomic E-state index is -0.346. The topological polar surface area (TPSA) is 38.7 Å². The Morgan fingerprint density at radius 1 is 1.20 bits per heavy atom. The fourth-order valence-electron chi connectivity index (χ4n) is 1.53. The summed E-state index contributed by atoms with van der Waals surface area (Å²) in [6.45, 7) is 3.82. The van der Waals surface area contributed by atoms with Gasteiger partial charge in [0, 0.05) is 17.7 Å². The van der Waals surface area contributed by atoms with Gasteiger partial charge in [-0.05, 0) is 18.6 Å². The van der Waals surface area contributed by atoms with E-state index in [4.69, 9.17) is 14.6 Å². The van der Waals surface area contributed by atoms with Crippen molar-refractivity contribution in [3.8, 4) is 11.8 Å². The smallest absolute Gasteiger partial charge is 0.129 e. The van der Waals surface area contributed by atoms with Crippen molar-refractivity contribution in [1.82, 2.24) is 0 Å². The van der Waals surface area contributed by atoms with E-state index in [1.165, 1.54) is 6.07 Å². The predicted molar refractivity (Wildman–Crippen MR) is 75.7 cm³/mol. The molecule has 1 rings (SSSR count). The summed E-state index contributed by atoms with van der Waals surface area (Å²) in [6.07, 6.45) is 2.16. The Morgan fingerprint density at radius 2 is 2.00 bits per heavy atom. The van der Waals surface area contributed by atoms with Crippen LogP contribution in [0, 0.1) is 17.7 Å². The van der Waals surface area contributed by atoms with Gasteiger partial charge in [-0.1, -0.05) is 31.3 Å². The SMILES string of the molecule is CCCCOCCOCc1ccc(C#CCO)cc1F. The molecule has 0 saturated heterocycles. The van der Waals surface area contributed by atoms with Crippen LogP contribution in [0.4, 0.5) is 4.39 Å². The lowest BCUT2D eigenvalue weighted by atomic mass is 10.1. The zero-order valence-electron chi connectivity index (χ0n) is 11.8. The minimum Gasteiger partial charge on any atom is -0.384 e. The summed E-state index contributed by atoms with van der Waals surface area (Å²) in [5.41, 5.74) is 1.04. The first-order chi connectivity index (χ1) is 9.77. The summed E-state index contributed by atoms with van der Waals surface area (Å²) in [6, 6.07) is 4.70. The number of hydrogen-bond acceptors (Lipinski definition) is 3. The Kier molecular flexibility index (Phi) is 8.64. The van der Waals surface area contributed by atoms with Crippen molar-refractivity contribution < 1.29 is 19.0 Å². The van der Waals surface area contributed by atoms with Crippen LogP contribution >= 0.6 is 0 Å². The fraction of sp³-hybridized carbons (Fsp3) is 0.500. The zero-order chi connectivity index (χ0) is 14.6. The van der Waals surface area contributed by atoms with E-state index in [1.807, 2.05) is 0 Å². The standard InChI is InChI=1S/C16H21FO3/c1-2-3-9-19-10-11-20-13-15-7-6-14(5-4-8-18)12-16(15)17/h6-7,12,18H,2-3,8-11,13H2,1H3. The van der Waals surface area contributed by atoms with Crippen molar-refractivity contribution in [3.05, 3.63) is 35.1 Å². The van der Waals surface area contributed by atoms with Gasteiger partial charge in [0.1, 0.15) is 12.4 Å². The molecular weight excluding hydrogens is 259 g/mol. The van der Waals surface area contributed by atoms with Crippen molar-refractivity contribution in [1.29, 1.82) is 0 Å². The number of hydrogen-bond donors (Lipinski definition) is 1. The molecule has 1 aromatic carbocycles. The number of benzene rings is 1. The molecule has 0 aromatic heterocycles. The first kappa shape index (κ1) is 16.6. The number of aliphatic hydroxyl groups is 1. The van der Waals surface area contributed by atoms with E-state index in [9.17, 15) is 4.39 Å². The maximum atomic E-state index is 13.7. The summed E-state index contributed by atoms with van der Waals surface area (Å²) >= 11 is 0. The van der Waals surface area contributed by atoms with Gasteiger partial charge in [-0.3, -0.25) is 0 Å². The molecular formula is C16H21FO3. The Hall–Kier alpha value is -1.41. The van der Waals surface area contributed by atoms with Crippen molar-refractivity contribution in [3.63, 3.8) is 0 Å². The van der Waals surface area contributed by atoms with Gasteiger partial charge in [-0.2, -0.15) is 0 Å². The average molecular weight is 280 g/mol. The van der Waals surface area contributed by atoms with Gasteiger partial charge in [0.2, 0.25) is 0 Å². The number of aliphatic hydroxyl groups excluding tert-OH is 1. The largest absolute Gasteiger partial charge is 0.384 e. The van der Waals surface area contributed by atoms with Gasteiger partial charge in [0.05, 0.1) is 19.8 Å². The molecule has 0 amide bonds. The zero-order valence-corrected chi connectivity index (χ0v) is 11.8. The maximum absolute atomic E-state index is 13.7. The summed E-state index contributed by atoms with van der Waals surface area (Å²) in [4.78, 5) is 0. The highest BCUT2D eigenvalue weighted by Gasteiger charge is 2.03. The predicted octanol–water partition coefficient (Wildman–Crippen LogP) is 2.50. The summed E-state index contributed by atoms with van der Waals surface area (Å²) in [7, 11) is 0. The van der Waals surface area contributed by atoms with Crippen LogP contribution in [0.15, 0.2) is 18.2 Å². The molecule has 0 radical (unpaired) electrons. The van der Waals surface area contributed by atoms with E-state index in [2.05, 4.69) is 18.8 Å². The van der Waals surface area contributed by atoms with Crippen LogP contribution in [0.3, 0.4) is 0 Å². The number of halogens is 1. The molecule has 0 bridgehead atoms. The quantitative estimate of drug-likeness (QED) is 0.587. The van der Waals surface area contributed by atoms with Crippen LogP contribution in [-0.4, -0.2) is 31.5 Å². The first-order valence-corrected chi connectivity index (χ1v) is 6.81. The molecule has 0 spiro atoms. The van der Waals surface area contributed by atoms with Gasteiger partial charge in [0.25, 0.3) is 0 Å². The van der Waals surface area contributed by atoms with Gasteiger partial charge in [-0.25, -0.2) is 4.39 Å². The normalized spacial score (nSPS) is 10.2. The van der Waals surface area contributed by atoms with Crippen LogP contribution in [-0.2, 0) is 16.1 Å². The second-order valence-corrected chi connectivity index (χ2v) is 4.28. The van der Waals surface area contributed by atoms with Crippen LogP contribution < -0.4 is 0 Å². The lowest BCUT2D eigenvalue weighted by molar-refractivity contribution is 0.0388. The molecule has 20 heavy (non-hydrogen) atoms. The van der Waals surface area contributed by atoms with Crippen LogP contribution in [0.5, 0.6) is 0 Å². The van der Waals surface area contributed by atoms with E-state index in [0.29, 0.717) is 24.3 Å². The fourth-order valence-corrected chi connectivity index (χ4v) is 1.53. The molecule has 0 heterocycles. The molecule has 1 N–H and O–H groups in total. The second-order valence-electron chi connectivity index (χ2n) is 4.28. The van der Waals surface area contributed by atoms with E-state index >= 15 is 0 Å². The molecule has 110 valence electrons. The number of unbranched alkanes of at least 4 members (excludes halogenated alkanes) is 1. The third-order valence-electron chi connectivity index (χ3n) is 2.64. The maximum Gasteiger partial charge on any atom is 0.129 e. The average Bonchev–Trinajstić information content (AvgIpc) is 2.46. The van der Waals surface area contributed by atoms with Crippen molar-refractivity contribution in [2.75, 3.05) is 26.4 Å². The number of rotatable bonds is 8. The third-order valence-corrected chi connectivity index (χ3v) is 2.64. The molecule has 4 heteroatoms. The van der Waals surface area contributed by atoms with Crippen molar-refractivity contribution >= 4 is 0 Å². The number of ether oxygens (including phenoxy) is 2. The third kappa shape index (κ3) is 6.67. The van der Waals surface area contributed by atoms with Crippen LogP contribution in [0.2, 0.25) is 0 Å². The van der Waals surface area contributed by atoms with E-state index < -0.39 is 0 Å². The minimum absolute atomic E-state index is 0.219. The highest BCUT2D eigenvalue weighted by atomic mass is 19.1. The molecule has 0 fully saturated rings. The molecule has 0 aliphatic rings. The van der Waals surface area contributed by atoms with Crippen molar-refractivity contribution in [2.45, 2.75) is 26.4 Å². The first-order valence-electron chi connectivity index (χ1n) is 6.81. The highest BCUT2D eigenvalue weighted by Crippen LogP contribution is 2.11. The van der Waals surface area contributed by atoms with Crippen LogP contribution in [0.25, 0.3) is 0 Å². The molecule has 0 aliphatic heterocycles. The highest BCUT2D eigenvalue weighted by molar-refractivity contribution is 5.36. The van der Waals surface area contributed by atoms with Crippen molar-refractivity contribution in [2.24, 2.45) is 0 Å². The van der Waals surface area contributed by atoms with Gasteiger partial charge in [-0.15, -0.1) is 0 Å². The summed E-state index contributed by atoms with van der Waals surface area (Å²) in [5, 5.41) is 8.57. The summed E-state index contributed by atoms with van der Waals surface area (Å²) in [5.74, 6) is 4.79. The molecule has 0 aliphatic carbocycles. The molecule has 3 nitrogen and oxygen atoms in total. The van der Waals surface area contributed by atoms with E-state index in [0.717, 1.165) is 19.4 Å². The lowest BCUT2D eigenvalue weighted by Crippen LogP contribution is -2.06. The molecule has 1 aromatic rings. The molecule has 0 saturated carbocycles. The van der Waals surface area contributed by atoms with Gasteiger partial charge < -0.3 is 14.6 Å². The monoisotopic (exact) mass is 280 g/mol. The Morgan fingerprint density at radius 3 is 2.70 bits per heavy atom. The van der Waals surface area contributed by atoms with Gasteiger partial charge in [0.15, 0.2) is 0 Å². The Labute approximate surface area is 119 Å². The molecule has 0 unspecified atom stereocenters. The van der Waals surface area contributed by atoms with E-state index in [-0.39, 0.29) is 19.0 Å².